The first kappa shape index (κ1) is 17.8. The SMILES string of the molecule is CN1CC(C(=O)O)CC(C(=O)O)C1.[Ag].[Ag]. The van der Waals surface area contributed by atoms with E-state index in [4.69, 9.17) is 10.2 Å². The predicted molar refractivity (Wildman–Crippen MR) is 44.4 cm³/mol. The zero-order valence-corrected chi connectivity index (χ0v) is 11.0. The average molecular weight is 403 g/mol. The number of carbonyl (C=O) groups is 2. The molecule has 1 aliphatic rings. The van der Waals surface area contributed by atoms with Crippen molar-refractivity contribution in [1.82, 2.24) is 4.90 Å². The Kier molecular flexibility index (Phi) is 9.03. The smallest absolute Gasteiger partial charge is 0.307 e. The van der Waals surface area contributed by atoms with Crippen LogP contribution in [0.5, 0.6) is 0 Å². The molecule has 0 aromatic heterocycles. The van der Waals surface area contributed by atoms with Crippen LogP contribution in [-0.2, 0) is 54.3 Å². The zero-order valence-electron chi connectivity index (χ0n) is 8.04. The zero-order chi connectivity index (χ0) is 10.0. The van der Waals surface area contributed by atoms with Crippen LogP contribution >= 0.6 is 0 Å². The fraction of sp³-hybridized carbons (Fsp3) is 0.750. The van der Waals surface area contributed by atoms with Crippen molar-refractivity contribution in [2.45, 2.75) is 6.42 Å². The van der Waals surface area contributed by atoms with Crippen molar-refractivity contribution in [3.05, 3.63) is 0 Å². The van der Waals surface area contributed by atoms with E-state index in [1.54, 1.807) is 11.9 Å². The molecule has 96 valence electrons. The second-order valence-corrected chi connectivity index (χ2v) is 3.53. The fourth-order valence-electron chi connectivity index (χ4n) is 1.68. The molecule has 1 rings (SSSR count). The molecule has 1 saturated heterocycles. The molecule has 0 bridgehead atoms. The molecule has 0 amide bonds. The normalized spacial score (nSPS) is 25.9. The molecular formula is C8H13Ag2NO4. The molecule has 0 spiro atoms. The van der Waals surface area contributed by atoms with Gasteiger partial charge in [-0.1, -0.05) is 0 Å². The molecule has 2 N–H and O–H groups in total. The Morgan fingerprint density at radius 2 is 1.40 bits per heavy atom. The molecule has 1 heterocycles. The second-order valence-electron chi connectivity index (χ2n) is 3.53. The van der Waals surface area contributed by atoms with E-state index < -0.39 is 23.8 Å². The summed E-state index contributed by atoms with van der Waals surface area (Å²) in [5.41, 5.74) is 0. The van der Waals surface area contributed by atoms with Crippen LogP contribution in [0.3, 0.4) is 0 Å². The Hall–Kier alpha value is 0.381. The Morgan fingerprint density at radius 3 is 1.67 bits per heavy atom. The molecule has 0 aromatic carbocycles. The van der Waals surface area contributed by atoms with Crippen molar-refractivity contribution >= 4 is 11.9 Å². The van der Waals surface area contributed by atoms with Gasteiger partial charge in [0.1, 0.15) is 0 Å². The maximum absolute atomic E-state index is 10.6. The van der Waals surface area contributed by atoms with Gasteiger partial charge in [0.15, 0.2) is 0 Å². The molecule has 2 unspecified atom stereocenters. The maximum atomic E-state index is 10.6. The third kappa shape index (κ3) is 5.31. The number of rotatable bonds is 2. The van der Waals surface area contributed by atoms with Crippen LogP contribution in [0.25, 0.3) is 0 Å². The number of carboxylic acids is 2. The predicted octanol–water partition coefficient (Wildman–Crippen LogP) is -0.281. The van der Waals surface area contributed by atoms with Crippen molar-refractivity contribution in [2.75, 3.05) is 20.1 Å². The molecule has 5 nitrogen and oxygen atoms in total. The number of carboxylic acid groups (broad SMARTS) is 2. The minimum atomic E-state index is -0.905. The molecule has 2 radical (unpaired) electrons. The van der Waals surface area contributed by atoms with Gasteiger partial charge in [-0.25, -0.2) is 0 Å². The van der Waals surface area contributed by atoms with E-state index in [1.165, 1.54) is 0 Å². The number of aliphatic carboxylic acids is 2. The summed E-state index contributed by atoms with van der Waals surface area (Å²) in [6.07, 6.45) is 0.245. The molecule has 0 saturated carbocycles. The van der Waals surface area contributed by atoms with Crippen LogP contribution in [0.4, 0.5) is 0 Å². The first-order chi connectivity index (χ1) is 6.00. The van der Waals surface area contributed by atoms with Crippen molar-refractivity contribution in [1.29, 1.82) is 0 Å². The van der Waals surface area contributed by atoms with Gasteiger partial charge >= 0.3 is 11.9 Å². The second kappa shape index (κ2) is 7.62. The minimum absolute atomic E-state index is 0. The first-order valence-electron chi connectivity index (χ1n) is 4.15. The largest absolute Gasteiger partial charge is 0.481 e. The summed E-state index contributed by atoms with van der Waals surface area (Å²) in [7, 11) is 1.74. The molecule has 0 aromatic rings. The van der Waals surface area contributed by atoms with Crippen LogP contribution in [0.2, 0.25) is 0 Å². The van der Waals surface area contributed by atoms with E-state index in [2.05, 4.69) is 0 Å². The molecule has 15 heavy (non-hydrogen) atoms. The van der Waals surface area contributed by atoms with Gasteiger partial charge in [0.05, 0.1) is 11.8 Å². The Labute approximate surface area is 119 Å². The summed E-state index contributed by atoms with van der Waals surface area (Å²) in [5, 5.41) is 17.5. The molecule has 1 aliphatic heterocycles. The van der Waals surface area contributed by atoms with Gasteiger partial charge in [-0.2, -0.15) is 0 Å². The topological polar surface area (TPSA) is 77.8 Å². The maximum Gasteiger partial charge on any atom is 0.307 e. The van der Waals surface area contributed by atoms with Crippen molar-refractivity contribution < 1.29 is 64.6 Å². The van der Waals surface area contributed by atoms with Crippen LogP contribution < -0.4 is 0 Å². The summed E-state index contributed by atoms with van der Waals surface area (Å²) in [6.45, 7) is 0.887. The third-order valence-corrected chi connectivity index (χ3v) is 2.33. The van der Waals surface area contributed by atoms with Crippen LogP contribution in [0.1, 0.15) is 6.42 Å². The van der Waals surface area contributed by atoms with Gasteiger partial charge in [0.25, 0.3) is 0 Å². The van der Waals surface area contributed by atoms with E-state index in [9.17, 15) is 9.59 Å². The van der Waals surface area contributed by atoms with Gasteiger partial charge in [-0.3, -0.25) is 9.59 Å². The van der Waals surface area contributed by atoms with Crippen molar-refractivity contribution in [3.63, 3.8) is 0 Å². The van der Waals surface area contributed by atoms with Crippen LogP contribution in [-0.4, -0.2) is 47.2 Å². The summed E-state index contributed by atoms with van der Waals surface area (Å²) < 4.78 is 0. The van der Waals surface area contributed by atoms with E-state index in [0.29, 0.717) is 13.1 Å². The Morgan fingerprint density at radius 1 is 1.07 bits per heavy atom. The third-order valence-electron chi connectivity index (χ3n) is 2.33. The van der Waals surface area contributed by atoms with E-state index >= 15 is 0 Å². The Balaban J connectivity index is 0. The Bertz CT molecular complexity index is 215. The average Bonchev–Trinajstić information content (AvgIpc) is 2.03. The van der Waals surface area contributed by atoms with Crippen LogP contribution in [0, 0.1) is 11.8 Å². The van der Waals surface area contributed by atoms with Crippen molar-refractivity contribution in [2.24, 2.45) is 11.8 Å². The molecule has 1 fully saturated rings. The molecule has 2 atom stereocenters. The number of piperidine rings is 1. The summed E-state index contributed by atoms with van der Waals surface area (Å²) in [5.74, 6) is -2.89. The van der Waals surface area contributed by atoms with Gasteiger partial charge in [-0.05, 0) is 13.5 Å². The summed E-state index contributed by atoms with van der Waals surface area (Å²) in [4.78, 5) is 23.0. The summed E-state index contributed by atoms with van der Waals surface area (Å²) in [6, 6.07) is 0. The first-order valence-corrected chi connectivity index (χ1v) is 4.15. The molecular weight excluding hydrogens is 390 g/mol. The van der Waals surface area contributed by atoms with E-state index in [0.717, 1.165) is 0 Å². The molecule has 7 heteroatoms. The number of nitrogens with zero attached hydrogens (tertiary/aromatic N) is 1. The molecule has 0 aliphatic carbocycles. The van der Waals surface area contributed by atoms with Crippen molar-refractivity contribution in [3.8, 4) is 0 Å². The summed E-state index contributed by atoms with van der Waals surface area (Å²) >= 11 is 0. The van der Waals surface area contributed by atoms with Gasteiger partial charge in [-0.15, -0.1) is 0 Å². The van der Waals surface area contributed by atoms with Gasteiger partial charge in [0.2, 0.25) is 0 Å². The standard InChI is InChI=1S/C8H13NO4.2Ag/c1-9-3-5(7(10)11)2-6(4-9)8(12)13;;/h5-6H,2-4H2,1H3,(H,10,11)(H,12,13);;. The fourth-order valence-corrected chi connectivity index (χ4v) is 1.68. The van der Waals surface area contributed by atoms with E-state index in [-0.39, 0.29) is 51.2 Å². The number of likely N-dealkylation sites (tertiary alicyclic amines) is 1. The van der Waals surface area contributed by atoms with Gasteiger partial charge in [0, 0.05) is 57.9 Å². The van der Waals surface area contributed by atoms with Gasteiger partial charge < -0.3 is 15.1 Å². The monoisotopic (exact) mass is 401 g/mol. The quantitative estimate of drug-likeness (QED) is 0.621. The number of hydrogen-bond acceptors (Lipinski definition) is 3. The minimum Gasteiger partial charge on any atom is -0.481 e. The van der Waals surface area contributed by atoms with E-state index in [1.807, 2.05) is 0 Å². The number of hydrogen-bond donors (Lipinski definition) is 2. The van der Waals surface area contributed by atoms with Crippen LogP contribution in [0.15, 0.2) is 0 Å².